The van der Waals surface area contributed by atoms with E-state index in [1.165, 1.54) is 31.2 Å². The van der Waals surface area contributed by atoms with E-state index in [1.54, 1.807) is 0 Å². The van der Waals surface area contributed by atoms with Gasteiger partial charge in [0.15, 0.2) is 0 Å². The Morgan fingerprint density at radius 3 is 3.06 bits per heavy atom. The Balaban J connectivity index is 1.69. The molecule has 2 aliphatic rings. The van der Waals surface area contributed by atoms with Crippen molar-refractivity contribution in [2.45, 2.75) is 38.3 Å². The topological polar surface area (TPSA) is 33.3 Å². The molecule has 3 nitrogen and oxygen atoms in total. The van der Waals surface area contributed by atoms with Crippen LogP contribution in [0, 0.1) is 0 Å². The molecule has 0 atom stereocenters. The summed E-state index contributed by atoms with van der Waals surface area (Å²) in [5.41, 5.74) is 2.42. The fourth-order valence-corrected chi connectivity index (χ4v) is 2.76. The highest BCUT2D eigenvalue weighted by molar-refractivity contribution is 5.61. The monoisotopic (exact) mass is 232 g/mol. The molecule has 0 aromatic heterocycles. The Kier molecular flexibility index (Phi) is 3.18. The molecule has 1 aliphatic carbocycles. The Morgan fingerprint density at radius 2 is 2.18 bits per heavy atom. The van der Waals surface area contributed by atoms with E-state index in [9.17, 15) is 0 Å². The summed E-state index contributed by atoms with van der Waals surface area (Å²) >= 11 is 0. The third-order valence-electron chi connectivity index (χ3n) is 3.70. The molecule has 0 radical (unpaired) electrons. The van der Waals surface area contributed by atoms with Gasteiger partial charge in [0, 0.05) is 24.7 Å². The normalized spacial score (nSPS) is 19.5. The van der Waals surface area contributed by atoms with Gasteiger partial charge >= 0.3 is 0 Å². The molecule has 0 bridgehead atoms. The molecule has 1 heterocycles. The van der Waals surface area contributed by atoms with Gasteiger partial charge in [0.25, 0.3) is 0 Å². The van der Waals surface area contributed by atoms with Crippen LogP contribution in [0.25, 0.3) is 0 Å². The molecule has 0 unspecified atom stereocenters. The van der Waals surface area contributed by atoms with E-state index >= 15 is 0 Å². The third-order valence-corrected chi connectivity index (χ3v) is 3.70. The molecular weight excluding hydrogens is 212 g/mol. The van der Waals surface area contributed by atoms with Gasteiger partial charge in [0.1, 0.15) is 12.4 Å². The first-order valence-corrected chi connectivity index (χ1v) is 6.65. The van der Waals surface area contributed by atoms with Gasteiger partial charge in [-0.05, 0) is 18.9 Å². The first kappa shape index (κ1) is 10.9. The van der Waals surface area contributed by atoms with Crippen molar-refractivity contribution in [3.63, 3.8) is 0 Å². The minimum Gasteiger partial charge on any atom is -0.489 e. The Bertz CT molecular complexity index is 386. The van der Waals surface area contributed by atoms with Crippen LogP contribution in [0.15, 0.2) is 18.2 Å². The van der Waals surface area contributed by atoms with Gasteiger partial charge in [-0.2, -0.15) is 0 Å². The highest BCUT2D eigenvalue weighted by Crippen LogP contribution is 2.31. The lowest BCUT2D eigenvalue weighted by Crippen LogP contribution is -2.26. The summed E-state index contributed by atoms with van der Waals surface area (Å²) in [6, 6.07) is 7.07. The second kappa shape index (κ2) is 4.96. The first-order valence-electron chi connectivity index (χ1n) is 6.65. The minimum absolute atomic E-state index is 0.711. The average Bonchev–Trinajstić information content (AvgIpc) is 2.89. The van der Waals surface area contributed by atoms with Gasteiger partial charge in [-0.15, -0.1) is 0 Å². The molecule has 3 rings (SSSR count). The van der Waals surface area contributed by atoms with E-state index in [2.05, 4.69) is 28.8 Å². The van der Waals surface area contributed by atoms with Gasteiger partial charge in [0.05, 0.1) is 5.69 Å². The highest BCUT2D eigenvalue weighted by atomic mass is 16.5. The summed E-state index contributed by atoms with van der Waals surface area (Å²) < 4.78 is 5.77. The molecule has 1 aromatic rings. The van der Waals surface area contributed by atoms with Crippen molar-refractivity contribution in [1.82, 2.24) is 5.32 Å². The Hall–Kier alpha value is -1.22. The van der Waals surface area contributed by atoms with Gasteiger partial charge in [-0.25, -0.2) is 0 Å². The summed E-state index contributed by atoms with van der Waals surface area (Å²) in [7, 11) is 0. The van der Waals surface area contributed by atoms with Crippen molar-refractivity contribution in [2.75, 3.05) is 18.5 Å². The van der Waals surface area contributed by atoms with Crippen LogP contribution in [0.4, 0.5) is 5.69 Å². The van der Waals surface area contributed by atoms with Crippen LogP contribution in [-0.4, -0.2) is 19.2 Å². The van der Waals surface area contributed by atoms with E-state index in [-0.39, 0.29) is 0 Å². The molecule has 17 heavy (non-hydrogen) atoms. The molecule has 1 saturated carbocycles. The van der Waals surface area contributed by atoms with Crippen molar-refractivity contribution in [2.24, 2.45) is 0 Å². The van der Waals surface area contributed by atoms with Crippen LogP contribution in [0.5, 0.6) is 5.75 Å². The largest absolute Gasteiger partial charge is 0.489 e. The lowest BCUT2D eigenvalue weighted by molar-refractivity contribution is 0.318. The number of ether oxygens (including phenoxy) is 1. The molecule has 1 aliphatic heterocycles. The van der Waals surface area contributed by atoms with Crippen molar-refractivity contribution in [1.29, 1.82) is 0 Å². The first-order chi connectivity index (χ1) is 8.43. The smallest absolute Gasteiger partial charge is 0.146 e. The third kappa shape index (κ3) is 2.39. The van der Waals surface area contributed by atoms with E-state index in [1.807, 2.05) is 0 Å². The summed E-state index contributed by atoms with van der Waals surface area (Å²) in [5, 5.41) is 7.02. The van der Waals surface area contributed by atoms with Gasteiger partial charge in [-0.1, -0.05) is 25.0 Å². The Labute approximate surface area is 103 Å². The zero-order chi connectivity index (χ0) is 11.5. The molecular formula is C14H20N2O. The number of para-hydroxylation sites is 1. The molecule has 2 N–H and O–H groups in total. The maximum Gasteiger partial charge on any atom is 0.146 e. The summed E-state index contributed by atoms with van der Waals surface area (Å²) in [5.74, 6) is 1.05. The van der Waals surface area contributed by atoms with E-state index in [0.29, 0.717) is 6.04 Å². The number of rotatable bonds is 3. The number of anilines is 1. The SMILES string of the molecule is c1cc(CNC2CCCC2)c2c(c1)NCCO2. The van der Waals surface area contributed by atoms with Crippen molar-refractivity contribution < 1.29 is 4.74 Å². The molecule has 1 fully saturated rings. The number of nitrogens with one attached hydrogen (secondary N) is 2. The zero-order valence-corrected chi connectivity index (χ0v) is 10.2. The minimum atomic E-state index is 0.711. The summed E-state index contributed by atoms with van der Waals surface area (Å²) in [4.78, 5) is 0. The maximum absolute atomic E-state index is 5.77. The predicted octanol–water partition coefficient (Wildman–Crippen LogP) is 2.52. The Morgan fingerprint density at radius 1 is 1.29 bits per heavy atom. The van der Waals surface area contributed by atoms with Gasteiger partial charge in [-0.3, -0.25) is 0 Å². The van der Waals surface area contributed by atoms with E-state index in [0.717, 1.165) is 31.1 Å². The fourth-order valence-electron chi connectivity index (χ4n) is 2.76. The van der Waals surface area contributed by atoms with Crippen LogP contribution < -0.4 is 15.4 Å². The number of hydrogen-bond donors (Lipinski definition) is 2. The standard InChI is InChI=1S/C14H20N2O/c1-2-6-12(5-1)16-10-11-4-3-7-13-14(11)17-9-8-15-13/h3-4,7,12,15-16H,1-2,5-6,8-10H2. The lowest BCUT2D eigenvalue weighted by Gasteiger charge is -2.22. The second-order valence-corrected chi connectivity index (χ2v) is 4.93. The number of benzene rings is 1. The fraction of sp³-hybridized carbons (Fsp3) is 0.571. The molecule has 92 valence electrons. The van der Waals surface area contributed by atoms with Crippen molar-refractivity contribution in [3.8, 4) is 5.75 Å². The van der Waals surface area contributed by atoms with Crippen LogP contribution >= 0.6 is 0 Å². The molecule has 0 spiro atoms. The van der Waals surface area contributed by atoms with Crippen LogP contribution in [0.2, 0.25) is 0 Å². The van der Waals surface area contributed by atoms with Crippen molar-refractivity contribution in [3.05, 3.63) is 23.8 Å². The average molecular weight is 232 g/mol. The number of hydrogen-bond acceptors (Lipinski definition) is 3. The zero-order valence-electron chi connectivity index (χ0n) is 10.2. The summed E-state index contributed by atoms with van der Waals surface area (Å²) in [6.07, 6.45) is 5.41. The van der Waals surface area contributed by atoms with Crippen molar-refractivity contribution >= 4 is 5.69 Å². The van der Waals surface area contributed by atoms with Crippen LogP contribution in [-0.2, 0) is 6.54 Å². The second-order valence-electron chi connectivity index (χ2n) is 4.93. The van der Waals surface area contributed by atoms with Gasteiger partial charge < -0.3 is 15.4 Å². The molecule has 0 saturated heterocycles. The van der Waals surface area contributed by atoms with E-state index < -0.39 is 0 Å². The molecule has 3 heteroatoms. The quantitative estimate of drug-likeness (QED) is 0.840. The van der Waals surface area contributed by atoms with Crippen LogP contribution in [0.3, 0.4) is 0 Å². The number of fused-ring (bicyclic) bond motifs is 1. The van der Waals surface area contributed by atoms with E-state index in [4.69, 9.17) is 4.74 Å². The molecule has 0 amide bonds. The lowest BCUT2D eigenvalue weighted by atomic mass is 10.1. The highest BCUT2D eigenvalue weighted by Gasteiger charge is 2.17. The molecule has 1 aromatic carbocycles. The summed E-state index contributed by atoms with van der Waals surface area (Å²) in [6.45, 7) is 2.61. The van der Waals surface area contributed by atoms with Crippen LogP contribution in [0.1, 0.15) is 31.2 Å². The predicted molar refractivity (Wildman–Crippen MR) is 69.5 cm³/mol. The van der Waals surface area contributed by atoms with Gasteiger partial charge in [0.2, 0.25) is 0 Å². The maximum atomic E-state index is 5.77.